The molecule has 0 spiro atoms. The van der Waals surface area contributed by atoms with Gasteiger partial charge in [0.2, 0.25) is 23.6 Å². The number of hydrogen-bond acceptors (Lipinski definition) is 6. The Morgan fingerprint density at radius 2 is 1.00 bits per heavy atom. The number of aliphatic hydroxyl groups excluding tert-OH is 2. The second-order valence-corrected chi connectivity index (χ2v) is 7.90. The van der Waals surface area contributed by atoms with Gasteiger partial charge in [-0.2, -0.15) is 0 Å². The molecule has 8 nitrogen and oxygen atoms in total. The Kier molecular flexibility index (Phi) is 3.25. The molecule has 0 aromatic rings. The van der Waals surface area contributed by atoms with Crippen LogP contribution in [0, 0.1) is 47.3 Å². The van der Waals surface area contributed by atoms with Gasteiger partial charge in [0.05, 0.1) is 50.0 Å². The number of hydrogen-bond donors (Lipinski definition) is 2. The fourth-order valence-corrected chi connectivity index (χ4v) is 6.37. The number of carbonyl (C=O) groups is 4. The van der Waals surface area contributed by atoms with Gasteiger partial charge in [0, 0.05) is 0 Å². The molecule has 138 valence electrons. The molecule has 8 heteroatoms. The molecule has 8 atom stereocenters. The van der Waals surface area contributed by atoms with E-state index in [1.54, 1.807) is 0 Å². The summed E-state index contributed by atoms with van der Waals surface area (Å²) in [7, 11) is 0. The van der Waals surface area contributed by atoms with Crippen LogP contribution < -0.4 is 0 Å². The van der Waals surface area contributed by atoms with E-state index in [2.05, 4.69) is 0 Å². The predicted molar refractivity (Wildman–Crippen MR) is 84.7 cm³/mol. The summed E-state index contributed by atoms with van der Waals surface area (Å²) in [6.07, 6.45) is 3.90. The third-order valence-corrected chi connectivity index (χ3v) is 7.17. The van der Waals surface area contributed by atoms with E-state index >= 15 is 0 Å². The number of imide groups is 2. The lowest BCUT2D eigenvalue weighted by atomic mass is 9.40. The summed E-state index contributed by atoms with van der Waals surface area (Å²) in [5, 5.41) is 18.3. The molecule has 4 aliphatic carbocycles. The summed E-state index contributed by atoms with van der Waals surface area (Å²) in [6, 6.07) is 0. The fourth-order valence-electron chi connectivity index (χ4n) is 6.37. The molecule has 2 saturated carbocycles. The number of rotatable bonds is 4. The Morgan fingerprint density at radius 1 is 0.654 bits per heavy atom. The largest absolute Gasteiger partial charge is 0.395 e. The first kappa shape index (κ1) is 16.1. The lowest BCUT2D eigenvalue weighted by Crippen LogP contribution is -2.63. The van der Waals surface area contributed by atoms with Crippen molar-refractivity contribution in [2.75, 3.05) is 26.3 Å². The molecule has 2 N–H and O–H groups in total. The molecule has 6 aliphatic rings. The molecule has 2 aliphatic heterocycles. The van der Waals surface area contributed by atoms with Crippen LogP contribution in [-0.2, 0) is 19.2 Å². The van der Waals surface area contributed by atoms with Gasteiger partial charge >= 0.3 is 0 Å². The topological polar surface area (TPSA) is 115 Å². The van der Waals surface area contributed by atoms with Gasteiger partial charge in [0.15, 0.2) is 0 Å². The Labute approximate surface area is 149 Å². The maximum atomic E-state index is 12.8. The van der Waals surface area contributed by atoms with Gasteiger partial charge in [-0.15, -0.1) is 0 Å². The smallest absolute Gasteiger partial charge is 0.233 e. The van der Waals surface area contributed by atoms with Crippen molar-refractivity contribution in [3.8, 4) is 0 Å². The van der Waals surface area contributed by atoms with Crippen LogP contribution in [0.1, 0.15) is 0 Å². The zero-order valence-corrected chi connectivity index (χ0v) is 14.0. The minimum atomic E-state index is -0.485. The first-order valence-corrected chi connectivity index (χ1v) is 9.13. The van der Waals surface area contributed by atoms with Crippen LogP contribution in [0.15, 0.2) is 12.2 Å². The Bertz CT molecular complexity index is 707. The summed E-state index contributed by atoms with van der Waals surface area (Å²) in [5.41, 5.74) is 0. The quantitative estimate of drug-likeness (QED) is 0.453. The minimum absolute atomic E-state index is 0.00185. The second kappa shape index (κ2) is 5.23. The standard InChI is InChI=1S/C18H20N2O6/c21-5-3-19-15(23)11-7-1-2-8(12(11)16(19)24)10-9(7)13-14(10)18(26)20(4-6-22)17(13)25/h1-2,7-14,21-22H,3-6H2/t7-,8-,9-,10-,11-,12+,13+,14-/m0/s1. The molecule has 4 fully saturated rings. The number of likely N-dealkylation sites (tertiary alicyclic amines) is 2. The van der Waals surface area contributed by atoms with Gasteiger partial charge < -0.3 is 10.2 Å². The van der Waals surface area contributed by atoms with E-state index in [0.717, 1.165) is 9.80 Å². The summed E-state index contributed by atoms with van der Waals surface area (Å²) in [5.74, 6) is -3.51. The van der Waals surface area contributed by atoms with E-state index in [1.807, 2.05) is 12.2 Å². The average molecular weight is 360 g/mol. The van der Waals surface area contributed by atoms with E-state index < -0.39 is 23.7 Å². The summed E-state index contributed by atoms with van der Waals surface area (Å²) in [6.45, 7) is -0.545. The highest BCUT2D eigenvalue weighted by atomic mass is 16.3. The normalized spacial score (nSPS) is 45.2. The molecule has 2 bridgehead atoms. The molecule has 2 heterocycles. The van der Waals surface area contributed by atoms with Crippen molar-refractivity contribution in [2.24, 2.45) is 47.3 Å². The SMILES string of the molecule is O=C1[C@@H]2[C@H]3C=C[C@H]([C@@H]2C(=O)N1CCO)[C@@H]1[C@H]2C(=O)N(CCO)C(=O)[C@H]2[C@@H]31. The predicted octanol–water partition coefficient (Wildman–Crippen LogP) is -1.76. The van der Waals surface area contributed by atoms with Gasteiger partial charge in [-0.05, 0) is 23.7 Å². The third-order valence-electron chi connectivity index (χ3n) is 7.17. The van der Waals surface area contributed by atoms with Gasteiger partial charge in [0.1, 0.15) is 0 Å². The summed E-state index contributed by atoms with van der Waals surface area (Å²) < 4.78 is 0. The van der Waals surface area contributed by atoms with Crippen LogP contribution in [0.5, 0.6) is 0 Å². The van der Waals surface area contributed by atoms with Crippen LogP contribution in [0.2, 0.25) is 0 Å². The van der Waals surface area contributed by atoms with Crippen LogP contribution in [-0.4, -0.2) is 69.9 Å². The van der Waals surface area contributed by atoms with Gasteiger partial charge in [-0.3, -0.25) is 29.0 Å². The van der Waals surface area contributed by atoms with Crippen LogP contribution >= 0.6 is 0 Å². The van der Waals surface area contributed by atoms with Crippen molar-refractivity contribution < 1.29 is 29.4 Å². The second-order valence-electron chi connectivity index (χ2n) is 7.90. The van der Waals surface area contributed by atoms with Crippen molar-refractivity contribution in [1.29, 1.82) is 0 Å². The molecular formula is C18H20N2O6. The Balaban J connectivity index is 1.51. The van der Waals surface area contributed by atoms with Crippen LogP contribution in [0.3, 0.4) is 0 Å². The van der Waals surface area contributed by atoms with E-state index in [0.29, 0.717) is 0 Å². The van der Waals surface area contributed by atoms with Gasteiger partial charge in [0.25, 0.3) is 0 Å². The first-order chi connectivity index (χ1) is 12.5. The molecule has 6 rings (SSSR count). The van der Waals surface area contributed by atoms with Crippen LogP contribution in [0.4, 0.5) is 0 Å². The number of allylic oxidation sites excluding steroid dienone is 2. The molecule has 0 unspecified atom stereocenters. The average Bonchev–Trinajstić information content (AvgIpc) is 2.97. The van der Waals surface area contributed by atoms with Crippen molar-refractivity contribution in [2.45, 2.75) is 0 Å². The van der Waals surface area contributed by atoms with Gasteiger partial charge in [-0.25, -0.2) is 0 Å². The maximum Gasteiger partial charge on any atom is 0.233 e. The fraction of sp³-hybridized carbons (Fsp3) is 0.667. The van der Waals surface area contributed by atoms with Gasteiger partial charge in [-0.1, -0.05) is 12.2 Å². The number of nitrogens with zero attached hydrogens (tertiary/aromatic N) is 2. The van der Waals surface area contributed by atoms with Crippen molar-refractivity contribution >= 4 is 23.6 Å². The number of carbonyl (C=O) groups excluding carboxylic acids is 4. The number of fused-ring (bicyclic) bond motifs is 1. The molecule has 0 aromatic heterocycles. The van der Waals surface area contributed by atoms with E-state index in [9.17, 15) is 19.2 Å². The lowest BCUT2D eigenvalue weighted by molar-refractivity contribution is -0.166. The summed E-state index contributed by atoms with van der Waals surface area (Å²) in [4.78, 5) is 53.2. The first-order valence-electron chi connectivity index (χ1n) is 9.13. The maximum absolute atomic E-state index is 12.8. The van der Waals surface area contributed by atoms with E-state index in [4.69, 9.17) is 10.2 Å². The number of amides is 4. The highest BCUT2D eigenvalue weighted by molar-refractivity contribution is 6.09. The minimum Gasteiger partial charge on any atom is -0.395 e. The van der Waals surface area contributed by atoms with Crippen molar-refractivity contribution in [3.05, 3.63) is 12.2 Å². The van der Waals surface area contributed by atoms with Crippen molar-refractivity contribution in [1.82, 2.24) is 9.80 Å². The monoisotopic (exact) mass is 360 g/mol. The molecule has 2 saturated heterocycles. The van der Waals surface area contributed by atoms with E-state index in [1.165, 1.54) is 0 Å². The summed E-state index contributed by atoms with van der Waals surface area (Å²) >= 11 is 0. The highest BCUT2D eigenvalue weighted by Crippen LogP contribution is 2.68. The van der Waals surface area contributed by atoms with E-state index in [-0.39, 0.29) is 73.6 Å². The number of aliphatic hydroxyl groups is 2. The molecule has 0 radical (unpaired) electrons. The molecule has 26 heavy (non-hydrogen) atoms. The number of β-amino-alcohol motifs (C(OH)–C–C–N with tert-alkyl or cyclic N) is 2. The Hall–Kier alpha value is -2.06. The Morgan fingerprint density at radius 3 is 1.35 bits per heavy atom. The molecular weight excluding hydrogens is 340 g/mol. The lowest BCUT2D eigenvalue weighted by Gasteiger charge is -2.60. The molecule has 4 amide bonds. The highest BCUT2D eigenvalue weighted by Gasteiger charge is 2.74. The van der Waals surface area contributed by atoms with Crippen LogP contribution in [0.25, 0.3) is 0 Å². The zero-order chi connectivity index (χ0) is 18.3. The third kappa shape index (κ3) is 1.63. The zero-order valence-electron chi connectivity index (χ0n) is 14.0. The molecule has 0 aromatic carbocycles. The van der Waals surface area contributed by atoms with Crippen molar-refractivity contribution in [3.63, 3.8) is 0 Å².